The third-order valence-corrected chi connectivity index (χ3v) is 6.54. The number of aryl methyl sites for hydroxylation is 1. The highest BCUT2D eigenvalue weighted by Crippen LogP contribution is 2.33. The Bertz CT molecular complexity index is 1270. The van der Waals surface area contributed by atoms with Crippen molar-refractivity contribution < 1.29 is 4.79 Å². The number of aromatic nitrogens is 6. The number of hydrogen-bond donors (Lipinski definition) is 1. The molecule has 1 fully saturated rings. The van der Waals surface area contributed by atoms with E-state index in [1.807, 2.05) is 61.8 Å². The highest BCUT2D eigenvalue weighted by atomic mass is 16.1. The number of rotatable bonds is 6. The molecular formula is C26H29N7O. The van der Waals surface area contributed by atoms with Crippen LogP contribution in [0.1, 0.15) is 38.6 Å². The summed E-state index contributed by atoms with van der Waals surface area (Å²) in [6.45, 7) is 2.66. The molecule has 34 heavy (non-hydrogen) atoms. The summed E-state index contributed by atoms with van der Waals surface area (Å²) < 4.78 is 3.83. The molecule has 0 unspecified atom stereocenters. The number of carbonyl (C=O) groups is 1. The molecule has 3 heterocycles. The highest BCUT2D eigenvalue weighted by Gasteiger charge is 2.27. The maximum atomic E-state index is 12.1. The minimum absolute atomic E-state index is 0.129. The Kier molecular flexibility index (Phi) is 6.20. The Labute approximate surface area is 199 Å². The van der Waals surface area contributed by atoms with Crippen LogP contribution in [0.2, 0.25) is 0 Å². The van der Waals surface area contributed by atoms with E-state index >= 15 is 0 Å². The first-order chi connectivity index (χ1) is 16.6. The van der Waals surface area contributed by atoms with E-state index in [2.05, 4.69) is 43.8 Å². The molecule has 0 aliphatic heterocycles. The molecule has 1 amide bonds. The maximum Gasteiger partial charge on any atom is 0.223 e. The molecule has 0 saturated heterocycles. The standard InChI is InChI=1S/C26H29N7O/c1-3-27-26(34)18-7-9-24(10-8-18)33-17-23(15-31-33)21-12-28-25(29-13-21)20-6-4-5-19(11-20)22-14-30-32(2)16-22/h4-6,11-18,24H,3,7-10H2,1-2H3,(H,27,34). The van der Waals surface area contributed by atoms with Crippen LogP contribution in [0, 0.1) is 5.92 Å². The lowest BCUT2D eigenvalue weighted by Gasteiger charge is -2.27. The van der Waals surface area contributed by atoms with E-state index in [4.69, 9.17) is 0 Å². The van der Waals surface area contributed by atoms with Gasteiger partial charge in [0.25, 0.3) is 0 Å². The van der Waals surface area contributed by atoms with E-state index in [-0.39, 0.29) is 11.8 Å². The molecule has 4 aromatic rings. The van der Waals surface area contributed by atoms with Crippen molar-refractivity contribution in [3.63, 3.8) is 0 Å². The number of benzene rings is 1. The first kappa shape index (κ1) is 22.0. The van der Waals surface area contributed by atoms with Crippen LogP contribution in [0.3, 0.4) is 0 Å². The maximum absolute atomic E-state index is 12.1. The lowest BCUT2D eigenvalue weighted by molar-refractivity contribution is -0.126. The first-order valence-electron chi connectivity index (χ1n) is 11.8. The summed E-state index contributed by atoms with van der Waals surface area (Å²) in [5.41, 5.74) is 5.05. The van der Waals surface area contributed by atoms with Crippen LogP contribution in [0.5, 0.6) is 0 Å². The van der Waals surface area contributed by atoms with Gasteiger partial charge in [-0.1, -0.05) is 18.2 Å². The van der Waals surface area contributed by atoms with Gasteiger partial charge in [0, 0.05) is 66.6 Å². The molecule has 1 aliphatic rings. The molecule has 0 bridgehead atoms. The number of carbonyl (C=O) groups excluding carboxylic acids is 1. The van der Waals surface area contributed by atoms with Gasteiger partial charge >= 0.3 is 0 Å². The van der Waals surface area contributed by atoms with E-state index in [0.29, 0.717) is 18.4 Å². The Balaban J connectivity index is 1.27. The van der Waals surface area contributed by atoms with Gasteiger partial charge in [-0.15, -0.1) is 0 Å². The predicted molar refractivity (Wildman–Crippen MR) is 131 cm³/mol. The van der Waals surface area contributed by atoms with Crippen LogP contribution in [0.15, 0.2) is 61.4 Å². The van der Waals surface area contributed by atoms with Crippen LogP contribution >= 0.6 is 0 Å². The van der Waals surface area contributed by atoms with Crippen LogP contribution < -0.4 is 5.32 Å². The molecule has 0 atom stereocenters. The third kappa shape index (κ3) is 4.62. The zero-order valence-corrected chi connectivity index (χ0v) is 19.6. The lowest BCUT2D eigenvalue weighted by atomic mass is 9.85. The van der Waals surface area contributed by atoms with Gasteiger partial charge in [0.2, 0.25) is 5.91 Å². The molecule has 1 N–H and O–H groups in total. The fraction of sp³-hybridized carbons (Fsp3) is 0.346. The predicted octanol–water partition coefficient (Wildman–Crippen LogP) is 4.28. The van der Waals surface area contributed by atoms with Gasteiger partial charge in [-0.3, -0.25) is 14.2 Å². The molecule has 1 saturated carbocycles. The molecule has 0 spiro atoms. The van der Waals surface area contributed by atoms with E-state index in [0.717, 1.165) is 53.5 Å². The molecule has 3 aromatic heterocycles. The Morgan fingerprint density at radius 2 is 1.62 bits per heavy atom. The molecule has 174 valence electrons. The Morgan fingerprint density at radius 3 is 2.32 bits per heavy atom. The molecular weight excluding hydrogens is 426 g/mol. The lowest BCUT2D eigenvalue weighted by Crippen LogP contribution is -2.33. The van der Waals surface area contributed by atoms with Gasteiger partial charge in [-0.25, -0.2) is 9.97 Å². The summed E-state index contributed by atoms with van der Waals surface area (Å²) in [5.74, 6) is 1.000. The summed E-state index contributed by atoms with van der Waals surface area (Å²) in [6, 6.07) is 8.51. The fourth-order valence-electron chi connectivity index (χ4n) is 4.64. The average Bonchev–Trinajstić information content (AvgIpc) is 3.54. The van der Waals surface area contributed by atoms with Crippen molar-refractivity contribution in [2.45, 2.75) is 38.6 Å². The summed E-state index contributed by atoms with van der Waals surface area (Å²) in [7, 11) is 1.91. The summed E-state index contributed by atoms with van der Waals surface area (Å²) >= 11 is 0. The minimum atomic E-state index is 0.129. The van der Waals surface area contributed by atoms with Crippen molar-refractivity contribution in [2.24, 2.45) is 13.0 Å². The van der Waals surface area contributed by atoms with E-state index in [1.165, 1.54) is 0 Å². The van der Waals surface area contributed by atoms with Crippen LogP contribution in [-0.2, 0) is 11.8 Å². The fourth-order valence-corrected chi connectivity index (χ4v) is 4.64. The Hall–Kier alpha value is -3.81. The minimum Gasteiger partial charge on any atom is -0.356 e. The van der Waals surface area contributed by atoms with Gasteiger partial charge < -0.3 is 5.32 Å². The van der Waals surface area contributed by atoms with Crippen LogP contribution in [0.25, 0.3) is 33.6 Å². The normalized spacial score (nSPS) is 18.1. The van der Waals surface area contributed by atoms with Crippen molar-refractivity contribution in [3.8, 4) is 33.6 Å². The van der Waals surface area contributed by atoms with Crippen molar-refractivity contribution >= 4 is 5.91 Å². The van der Waals surface area contributed by atoms with Gasteiger partial charge in [0.15, 0.2) is 5.82 Å². The Morgan fingerprint density at radius 1 is 0.912 bits per heavy atom. The summed E-state index contributed by atoms with van der Waals surface area (Å²) in [5, 5.41) is 11.8. The summed E-state index contributed by atoms with van der Waals surface area (Å²) in [4.78, 5) is 21.3. The molecule has 1 aromatic carbocycles. The van der Waals surface area contributed by atoms with Gasteiger partial charge in [0.1, 0.15) is 0 Å². The third-order valence-electron chi connectivity index (χ3n) is 6.54. The van der Waals surface area contributed by atoms with E-state index in [9.17, 15) is 4.79 Å². The van der Waals surface area contributed by atoms with Gasteiger partial charge in [-0.2, -0.15) is 10.2 Å². The molecule has 1 aliphatic carbocycles. The van der Waals surface area contributed by atoms with E-state index in [1.54, 1.807) is 4.68 Å². The second kappa shape index (κ2) is 9.59. The van der Waals surface area contributed by atoms with E-state index < -0.39 is 0 Å². The smallest absolute Gasteiger partial charge is 0.223 e. The van der Waals surface area contributed by atoms with Crippen molar-refractivity contribution in [1.29, 1.82) is 0 Å². The van der Waals surface area contributed by atoms with Gasteiger partial charge in [-0.05, 0) is 44.2 Å². The second-order valence-electron chi connectivity index (χ2n) is 8.89. The van der Waals surface area contributed by atoms with Crippen LogP contribution in [0.4, 0.5) is 0 Å². The monoisotopic (exact) mass is 455 g/mol. The zero-order valence-electron chi connectivity index (χ0n) is 19.6. The summed E-state index contributed by atoms with van der Waals surface area (Å²) in [6.07, 6.45) is 15.2. The largest absolute Gasteiger partial charge is 0.356 e. The molecule has 8 heteroatoms. The quantitative estimate of drug-likeness (QED) is 0.469. The average molecular weight is 456 g/mol. The topological polar surface area (TPSA) is 90.5 Å². The van der Waals surface area contributed by atoms with Crippen molar-refractivity contribution in [3.05, 3.63) is 61.4 Å². The molecule has 0 radical (unpaired) electrons. The SMILES string of the molecule is CCNC(=O)C1CCC(n2cc(-c3cnc(-c4cccc(-c5cnn(C)c5)c4)nc3)cn2)CC1. The zero-order chi connectivity index (χ0) is 23.5. The second-order valence-corrected chi connectivity index (χ2v) is 8.89. The van der Waals surface area contributed by atoms with Crippen molar-refractivity contribution in [2.75, 3.05) is 6.54 Å². The number of amides is 1. The van der Waals surface area contributed by atoms with Gasteiger partial charge in [0.05, 0.1) is 18.4 Å². The number of nitrogens with one attached hydrogen (secondary N) is 1. The first-order valence-corrected chi connectivity index (χ1v) is 11.8. The van der Waals surface area contributed by atoms with Crippen LogP contribution in [-0.4, -0.2) is 42.0 Å². The number of nitrogens with zero attached hydrogens (tertiary/aromatic N) is 6. The number of hydrogen-bond acceptors (Lipinski definition) is 5. The molecule has 5 rings (SSSR count). The molecule has 8 nitrogen and oxygen atoms in total. The van der Waals surface area contributed by atoms with Crippen molar-refractivity contribution in [1.82, 2.24) is 34.8 Å². The highest BCUT2D eigenvalue weighted by molar-refractivity contribution is 5.78.